The molecule has 0 saturated carbocycles. The molecule has 2 heterocycles. The molecule has 90 valence electrons. The summed E-state index contributed by atoms with van der Waals surface area (Å²) in [6.45, 7) is 2.99. The van der Waals surface area contributed by atoms with E-state index in [9.17, 15) is 4.79 Å². The Labute approximate surface area is 97.0 Å². The van der Waals surface area contributed by atoms with E-state index < -0.39 is 5.76 Å². The maximum Gasteiger partial charge on any atom is 0.417 e. The van der Waals surface area contributed by atoms with Gasteiger partial charge in [-0.2, -0.15) is 0 Å². The molecule has 0 amide bonds. The largest absolute Gasteiger partial charge is 0.417 e. The van der Waals surface area contributed by atoms with Crippen molar-refractivity contribution in [1.82, 2.24) is 4.98 Å². The average molecular weight is 235 g/mol. The first kappa shape index (κ1) is 10.2. The van der Waals surface area contributed by atoms with E-state index in [2.05, 4.69) is 9.88 Å². The third kappa shape index (κ3) is 1.76. The maximum atomic E-state index is 11.1. The first-order valence-electron chi connectivity index (χ1n) is 5.49. The molecule has 0 atom stereocenters. The van der Waals surface area contributed by atoms with Crippen LogP contribution in [-0.2, 0) is 4.74 Å². The first-order valence-corrected chi connectivity index (χ1v) is 5.49. The van der Waals surface area contributed by atoms with E-state index in [1.165, 1.54) is 0 Å². The Balaban J connectivity index is 2.08. The van der Waals surface area contributed by atoms with Gasteiger partial charge in [-0.3, -0.25) is 4.98 Å². The number of nitrogens with zero attached hydrogens (tertiary/aromatic N) is 1. The van der Waals surface area contributed by atoms with Gasteiger partial charge in [0.25, 0.3) is 0 Å². The van der Waals surface area contributed by atoms with Gasteiger partial charge in [-0.1, -0.05) is 0 Å². The lowest BCUT2D eigenvalue weighted by Gasteiger charge is -2.29. The summed E-state index contributed by atoms with van der Waals surface area (Å²) < 4.78 is 10.3. The first-order chi connectivity index (χ1) is 8.24. The van der Waals surface area contributed by atoms with Crippen LogP contribution in [0.3, 0.4) is 0 Å². The molecule has 2 aromatic rings. The Kier molecular flexibility index (Phi) is 2.29. The predicted octanol–water partition coefficient (Wildman–Crippen LogP) is 0.540. The molecule has 1 aliphatic rings. The predicted molar refractivity (Wildman–Crippen MR) is 64.3 cm³/mol. The minimum atomic E-state index is -0.460. The van der Waals surface area contributed by atoms with Crippen LogP contribution in [-0.4, -0.2) is 31.3 Å². The number of fused-ring (bicyclic) bond motifs is 1. The standard InChI is InChI=1S/C11H13N3O3/c12-7-5-10-8(13-11(15)17-10)6-9(7)14-1-3-16-4-2-14/h5-6H,1-4,12H2,(H,13,15). The number of aromatic amines is 1. The SMILES string of the molecule is Nc1cc2oc(=O)[nH]c2cc1N1CCOCC1. The Morgan fingerprint density at radius 1 is 1.29 bits per heavy atom. The number of aromatic nitrogens is 1. The molecule has 1 aromatic carbocycles. The molecule has 3 rings (SSSR count). The van der Waals surface area contributed by atoms with Crippen LogP contribution in [0.4, 0.5) is 11.4 Å². The highest BCUT2D eigenvalue weighted by molar-refractivity contribution is 5.85. The number of ether oxygens (including phenoxy) is 1. The Morgan fingerprint density at radius 3 is 2.82 bits per heavy atom. The number of nitrogens with one attached hydrogen (secondary N) is 1. The Morgan fingerprint density at radius 2 is 2.06 bits per heavy atom. The van der Waals surface area contributed by atoms with Gasteiger partial charge >= 0.3 is 5.76 Å². The van der Waals surface area contributed by atoms with Gasteiger partial charge in [0.2, 0.25) is 0 Å². The zero-order chi connectivity index (χ0) is 11.8. The molecule has 0 aliphatic carbocycles. The second kappa shape index (κ2) is 3.81. The number of hydrogen-bond acceptors (Lipinski definition) is 5. The van der Waals surface area contributed by atoms with Crippen molar-refractivity contribution >= 4 is 22.5 Å². The number of oxazole rings is 1. The molecule has 6 nitrogen and oxygen atoms in total. The maximum absolute atomic E-state index is 11.1. The van der Waals surface area contributed by atoms with Crippen molar-refractivity contribution in [2.24, 2.45) is 0 Å². The van der Waals surface area contributed by atoms with Crippen molar-refractivity contribution in [1.29, 1.82) is 0 Å². The molecule has 17 heavy (non-hydrogen) atoms. The van der Waals surface area contributed by atoms with Gasteiger partial charge in [0.05, 0.1) is 30.1 Å². The van der Waals surface area contributed by atoms with E-state index >= 15 is 0 Å². The number of morpholine rings is 1. The molecule has 1 fully saturated rings. The normalized spacial score (nSPS) is 16.6. The monoisotopic (exact) mass is 235 g/mol. The van der Waals surface area contributed by atoms with Crippen LogP contribution in [0.1, 0.15) is 0 Å². The Hall–Kier alpha value is -1.95. The van der Waals surface area contributed by atoms with Gasteiger partial charge in [-0.05, 0) is 6.07 Å². The quantitative estimate of drug-likeness (QED) is 0.705. The smallest absolute Gasteiger partial charge is 0.408 e. The van der Waals surface area contributed by atoms with Gasteiger partial charge < -0.3 is 19.8 Å². The number of nitrogens with two attached hydrogens (primary N) is 1. The average Bonchev–Trinajstić information content (AvgIpc) is 2.68. The van der Waals surface area contributed by atoms with Crippen LogP contribution in [0.5, 0.6) is 0 Å². The molecule has 0 unspecified atom stereocenters. The number of benzene rings is 1. The van der Waals surface area contributed by atoms with Crippen molar-refractivity contribution in [3.05, 3.63) is 22.7 Å². The molecule has 6 heteroatoms. The number of rotatable bonds is 1. The van der Waals surface area contributed by atoms with Crippen LogP contribution in [0.15, 0.2) is 21.3 Å². The highest BCUT2D eigenvalue weighted by Crippen LogP contribution is 2.28. The van der Waals surface area contributed by atoms with Gasteiger partial charge in [0.15, 0.2) is 5.58 Å². The molecule has 0 bridgehead atoms. The van der Waals surface area contributed by atoms with Crippen molar-refractivity contribution in [3.8, 4) is 0 Å². The number of anilines is 2. The van der Waals surface area contributed by atoms with Crippen LogP contribution < -0.4 is 16.4 Å². The second-order valence-corrected chi connectivity index (χ2v) is 4.02. The van der Waals surface area contributed by atoms with Gasteiger partial charge in [0, 0.05) is 19.2 Å². The molecule has 1 saturated heterocycles. The second-order valence-electron chi connectivity index (χ2n) is 4.02. The van der Waals surface area contributed by atoms with Gasteiger partial charge in [-0.25, -0.2) is 4.79 Å². The summed E-state index contributed by atoms with van der Waals surface area (Å²) in [6, 6.07) is 3.53. The van der Waals surface area contributed by atoms with Crippen molar-refractivity contribution < 1.29 is 9.15 Å². The van der Waals surface area contributed by atoms with E-state index in [1.807, 2.05) is 6.07 Å². The van der Waals surface area contributed by atoms with E-state index in [1.54, 1.807) is 6.07 Å². The fourth-order valence-corrected chi connectivity index (χ4v) is 2.08. The topological polar surface area (TPSA) is 84.5 Å². The molecule has 3 N–H and O–H groups in total. The summed E-state index contributed by atoms with van der Waals surface area (Å²) >= 11 is 0. The van der Waals surface area contributed by atoms with Gasteiger partial charge in [0.1, 0.15) is 0 Å². The number of nitrogen functional groups attached to an aromatic ring is 1. The molecule has 0 spiro atoms. The van der Waals surface area contributed by atoms with Crippen LogP contribution in [0.2, 0.25) is 0 Å². The number of H-pyrrole nitrogens is 1. The molecule has 0 radical (unpaired) electrons. The Bertz CT molecular complexity index is 596. The zero-order valence-electron chi connectivity index (χ0n) is 9.23. The van der Waals surface area contributed by atoms with E-state index in [0.29, 0.717) is 30.0 Å². The van der Waals surface area contributed by atoms with Crippen LogP contribution in [0.25, 0.3) is 11.1 Å². The third-order valence-corrected chi connectivity index (χ3v) is 2.92. The summed E-state index contributed by atoms with van der Waals surface area (Å²) in [5.41, 5.74) is 8.66. The number of hydrogen-bond donors (Lipinski definition) is 2. The summed E-state index contributed by atoms with van der Waals surface area (Å²) in [6.07, 6.45) is 0. The lowest BCUT2D eigenvalue weighted by Crippen LogP contribution is -2.36. The van der Waals surface area contributed by atoms with Crippen LogP contribution in [0, 0.1) is 0 Å². The minimum Gasteiger partial charge on any atom is -0.408 e. The lowest BCUT2D eigenvalue weighted by atomic mass is 10.2. The zero-order valence-corrected chi connectivity index (χ0v) is 9.23. The van der Waals surface area contributed by atoms with E-state index in [0.717, 1.165) is 18.8 Å². The summed E-state index contributed by atoms with van der Waals surface area (Å²) in [7, 11) is 0. The van der Waals surface area contributed by atoms with Crippen molar-refractivity contribution in [2.75, 3.05) is 36.9 Å². The summed E-state index contributed by atoms with van der Waals surface area (Å²) in [5, 5.41) is 0. The van der Waals surface area contributed by atoms with Gasteiger partial charge in [-0.15, -0.1) is 0 Å². The van der Waals surface area contributed by atoms with E-state index in [-0.39, 0.29) is 0 Å². The van der Waals surface area contributed by atoms with Crippen LogP contribution >= 0.6 is 0 Å². The highest BCUT2D eigenvalue weighted by Gasteiger charge is 2.15. The van der Waals surface area contributed by atoms with Crippen molar-refractivity contribution in [2.45, 2.75) is 0 Å². The molecule has 1 aliphatic heterocycles. The molecular formula is C11H13N3O3. The molecular weight excluding hydrogens is 222 g/mol. The minimum absolute atomic E-state index is 0.460. The fourth-order valence-electron chi connectivity index (χ4n) is 2.08. The van der Waals surface area contributed by atoms with E-state index in [4.69, 9.17) is 14.9 Å². The van der Waals surface area contributed by atoms with Crippen molar-refractivity contribution in [3.63, 3.8) is 0 Å². The lowest BCUT2D eigenvalue weighted by molar-refractivity contribution is 0.123. The molecule has 1 aromatic heterocycles. The highest BCUT2D eigenvalue weighted by atomic mass is 16.5. The summed E-state index contributed by atoms with van der Waals surface area (Å²) in [4.78, 5) is 15.9. The third-order valence-electron chi connectivity index (χ3n) is 2.92. The summed E-state index contributed by atoms with van der Waals surface area (Å²) in [5.74, 6) is -0.460. The fraction of sp³-hybridized carbons (Fsp3) is 0.364.